The lowest BCUT2D eigenvalue weighted by Gasteiger charge is -2.25. The Morgan fingerprint density at radius 3 is 2.65 bits per heavy atom. The van der Waals surface area contributed by atoms with E-state index in [4.69, 9.17) is 10.2 Å². The minimum absolute atomic E-state index is 0.331. The molecule has 0 saturated carbocycles. The van der Waals surface area contributed by atoms with Crippen molar-refractivity contribution in [2.45, 2.75) is 6.04 Å². The van der Waals surface area contributed by atoms with Crippen molar-refractivity contribution in [3.05, 3.63) is 58.5 Å². The van der Waals surface area contributed by atoms with Crippen LogP contribution in [0.3, 0.4) is 0 Å². The van der Waals surface area contributed by atoms with E-state index in [1.54, 1.807) is 18.2 Å². The Labute approximate surface area is 124 Å². The van der Waals surface area contributed by atoms with Gasteiger partial charge in [0.05, 0.1) is 11.8 Å². The highest BCUT2D eigenvalue weighted by molar-refractivity contribution is 9.10. The lowest BCUT2D eigenvalue weighted by Crippen LogP contribution is -2.39. The fourth-order valence-electron chi connectivity index (χ4n) is 1.96. The molecule has 0 aliphatic carbocycles. The fourth-order valence-corrected chi connectivity index (χ4v) is 2.38. The summed E-state index contributed by atoms with van der Waals surface area (Å²) >= 11 is 3.33. The van der Waals surface area contributed by atoms with Crippen molar-refractivity contribution < 1.29 is 14.0 Å². The van der Waals surface area contributed by atoms with E-state index in [1.165, 1.54) is 30.5 Å². The molecule has 0 saturated heterocycles. The lowest BCUT2D eigenvalue weighted by molar-refractivity contribution is -0.122. The molecule has 2 N–H and O–H groups in total. The normalized spacial score (nSPS) is 11.9. The van der Waals surface area contributed by atoms with Crippen LogP contribution in [-0.4, -0.2) is 23.8 Å². The molecule has 6 heteroatoms. The molecule has 0 radical (unpaired) electrons. The average molecular weight is 337 g/mol. The molecular formula is C14H13BrN2O3. The van der Waals surface area contributed by atoms with Gasteiger partial charge in [0.15, 0.2) is 0 Å². The molecular weight excluding hydrogens is 324 g/mol. The predicted molar refractivity (Wildman–Crippen MR) is 76.9 cm³/mol. The molecule has 1 unspecified atom stereocenters. The number of benzene rings is 1. The van der Waals surface area contributed by atoms with Gasteiger partial charge >= 0.3 is 0 Å². The number of carbonyl (C=O) groups excluding carboxylic acids is 2. The van der Waals surface area contributed by atoms with Gasteiger partial charge in [0.1, 0.15) is 12.3 Å². The summed E-state index contributed by atoms with van der Waals surface area (Å²) in [4.78, 5) is 25.3. The second-order valence-corrected chi connectivity index (χ2v) is 5.20. The van der Waals surface area contributed by atoms with Crippen molar-refractivity contribution in [3.63, 3.8) is 0 Å². The van der Waals surface area contributed by atoms with E-state index in [0.717, 1.165) is 4.47 Å². The maximum atomic E-state index is 12.3. The van der Waals surface area contributed by atoms with Crippen LogP contribution in [0.2, 0.25) is 0 Å². The van der Waals surface area contributed by atoms with Crippen molar-refractivity contribution >= 4 is 27.7 Å². The molecule has 0 aliphatic heterocycles. The topological polar surface area (TPSA) is 76.5 Å². The van der Waals surface area contributed by atoms with Crippen LogP contribution in [0.1, 0.15) is 22.0 Å². The molecule has 0 aliphatic rings. The first-order chi connectivity index (χ1) is 9.50. The third kappa shape index (κ3) is 2.91. The highest BCUT2D eigenvalue weighted by Crippen LogP contribution is 2.24. The number of halogens is 1. The van der Waals surface area contributed by atoms with Gasteiger partial charge < -0.3 is 15.1 Å². The molecule has 20 heavy (non-hydrogen) atoms. The van der Waals surface area contributed by atoms with Gasteiger partial charge in [0.2, 0.25) is 5.91 Å². The Morgan fingerprint density at radius 2 is 2.10 bits per heavy atom. The molecule has 2 aromatic rings. The number of carbonyl (C=O) groups is 2. The van der Waals surface area contributed by atoms with E-state index in [1.807, 2.05) is 6.07 Å². The molecule has 2 amide bonds. The first kappa shape index (κ1) is 14.3. The zero-order valence-corrected chi connectivity index (χ0v) is 12.3. The summed E-state index contributed by atoms with van der Waals surface area (Å²) in [5, 5.41) is 0. The predicted octanol–water partition coefficient (Wildman–Crippen LogP) is 2.34. The van der Waals surface area contributed by atoms with E-state index >= 15 is 0 Å². The molecule has 2 rings (SSSR count). The van der Waals surface area contributed by atoms with Crippen LogP contribution in [0, 0.1) is 0 Å². The zero-order chi connectivity index (χ0) is 14.7. The Kier molecular flexibility index (Phi) is 4.24. The second-order valence-electron chi connectivity index (χ2n) is 4.29. The van der Waals surface area contributed by atoms with Crippen molar-refractivity contribution in [1.82, 2.24) is 4.90 Å². The van der Waals surface area contributed by atoms with Crippen LogP contribution < -0.4 is 5.73 Å². The summed E-state index contributed by atoms with van der Waals surface area (Å²) in [6, 6.07) is 7.83. The second kappa shape index (κ2) is 5.92. The first-order valence-electron chi connectivity index (χ1n) is 5.85. The van der Waals surface area contributed by atoms with Crippen LogP contribution in [0.25, 0.3) is 0 Å². The van der Waals surface area contributed by atoms with E-state index in [9.17, 15) is 9.59 Å². The van der Waals surface area contributed by atoms with Gasteiger partial charge in [-0.1, -0.05) is 28.1 Å². The summed E-state index contributed by atoms with van der Waals surface area (Å²) in [5.74, 6) is -0.926. The van der Waals surface area contributed by atoms with Crippen molar-refractivity contribution in [1.29, 1.82) is 0 Å². The van der Waals surface area contributed by atoms with Gasteiger partial charge in [0, 0.05) is 11.5 Å². The Balaban J connectivity index is 2.34. The van der Waals surface area contributed by atoms with Crippen molar-refractivity contribution in [3.8, 4) is 0 Å². The summed E-state index contributed by atoms with van der Waals surface area (Å²) in [5.41, 5.74) is 6.45. The highest BCUT2D eigenvalue weighted by atomic mass is 79.9. The molecule has 104 valence electrons. The van der Waals surface area contributed by atoms with Gasteiger partial charge in [-0.15, -0.1) is 0 Å². The molecule has 0 spiro atoms. The standard InChI is InChI=1S/C14H13BrN2O3/c1-17(14(19)10-5-6-20-8-10)12(13(16)18)9-3-2-4-11(15)7-9/h2-8,12H,1H3,(H2,16,18). The van der Waals surface area contributed by atoms with Gasteiger partial charge in [-0.3, -0.25) is 9.59 Å². The molecule has 5 nitrogen and oxygen atoms in total. The summed E-state index contributed by atoms with van der Waals surface area (Å²) < 4.78 is 5.69. The maximum absolute atomic E-state index is 12.3. The van der Waals surface area contributed by atoms with Crippen LogP contribution in [0.15, 0.2) is 51.7 Å². The average Bonchev–Trinajstić information content (AvgIpc) is 2.91. The molecule has 0 bridgehead atoms. The van der Waals surface area contributed by atoms with Crippen LogP contribution in [0.4, 0.5) is 0 Å². The first-order valence-corrected chi connectivity index (χ1v) is 6.64. The quantitative estimate of drug-likeness (QED) is 0.930. The maximum Gasteiger partial charge on any atom is 0.257 e. The van der Waals surface area contributed by atoms with Crippen LogP contribution >= 0.6 is 15.9 Å². The van der Waals surface area contributed by atoms with Gasteiger partial charge in [0.25, 0.3) is 5.91 Å². The highest BCUT2D eigenvalue weighted by Gasteiger charge is 2.27. The minimum Gasteiger partial charge on any atom is -0.472 e. The van der Waals surface area contributed by atoms with Gasteiger partial charge in [-0.2, -0.15) is 0 Å². The molecule has 1 heterocycles. The summed E-state index contributed by atoms with van der Waals surface area (Å²) in [7, 11) is 1.53. The third-order valence-corrected chi connectivity index (χ3v) is 3.40. The monoisotopic (exact) mass is 336 g/mol. The molecule has 1 aromatic carbocycles. The SMILES string of the molecule is CN(C(=O)c1ccoc1)C(C(N)=O)c1cccc(Br)c1. The number of likely N-dealkylation sites (N-methyl/N-ethyl adjacent to an activating group) is 1. The third-order valence-electron chi connectivity index (χ3n) is 2.91. The largest absolute Gasteiger partial charge is 0.472 e. The number of hydrogen-bond acceptors (Lipinski definition) is 3. The Bertz CT molecular complexity index is 625. The van der Waals surface area contributed by atoms with Gasteiger partial charge in [-0.05, 0) is 23.8 Å². The van der Waals surface area contributed by atoms with E-state index in [0.29, 0.717) is 11.1 Å². The fraction of sp³-hybridized carbons (Fsp3) is 0.143. The van der Waals surface area contributed by atoms with Gasteiger partial charge in [-0.25, -0.2) is 0 Å². The van der Waals surface area contributed by atoms with Crippen molar-refractivity contribution in [2.75, 3.05) is 7.05 Å². The number of furan rings is 1. The molecule has 0 fully saturated rings. The van der Waals surface area contributed by atoms with E-state index in [2.05, 4.69) is 15.9 Å². The minimum atomic E-state index is -0.838. The summed E-state index contributed by atoms with van der Waals surface area (Å²) in [6.45, 7) is 0. The van der Waals surface area contributed by atoms with Crippen molar-refractivity contribution in [2.24, 2.45) is 5.73 Å². The number of nitrogens with zero attached hydrogens (tertiary/aromatic N) is 1. The number of nitrogens with two attached hydrogens (primary N) is 1. The number of rotatable bonds is 4. The number of primary amides is 1. The smallest absolute Gasteiger partial charge is 0.257 e. The molecule has 1 atom stereocenters. The summed E-state index contributed by atoms with van der Waals surface area (Å²) in [6.07, 6.45) is 2.73. The van der Waals surface area contributed by atoms with Crippen LogP contribution in [0.5, 0.6) is 0 Å². The lowest BCUT2D eigenvalue weighted by atomic mass is 10.0. The number of amides is 2. The van der Waals surface area contributed by atoms with E-state index < -0.39 is 11.9 Å². The van der Waals surface area contributed by atoms with Crippen LogP contribution in [-0.2, 0) is 4.79 Å². The Morgan fingerprint density at radius 1 is 1.35 bits per heavy atom. The number of hydrogen-bond donors (Lipinski definition) is 1. The Hall–Kier alpha value is -2.08. The van der Waals surface area contributed by atoms with E-state index in [-0.39, 0.29) is 5.91 Å². The zero-order valence-electron chi connectivity index (χ0n) is 10.7. The molecule has 1 aromatic heterocycles.